The topological polar surface area (TPSA) is 68.1 Å². The molecule has 1 atom stereocenters. The number of aryl methyl sites for hydroxylation is 1. The van der Waals surface area contributed by atoms with E-state index in [4.69, 9.17) is 0 Å². The predicted octanol–water partition coefficient (Wildman–Crippen LogP) is 2.71. The lowest BCUT2D eigenvalue weighted by molar-refractivity contribution is 0.432. The second-order valence-corrected chi connectivity index (χ2v) is 8.78. The summed E-state index contributed by atoms with van der Waals surface area (Å²) in [6, 6.07) is 7.86. The average Bonchev–Trinajstić information content (AvgIpc) is 3.12. The zero-order chi connectivity index (χ0) is 17.4. The lowest BCUT2D eigenvalue weighted by Gasteiger charge is -2.13. The molecule has 25 heavy (non-hydrogen) atoms. The van der Waals surface area contributed by atoms with Crippen molar-refractivity contribution in [1.82, 2.24) is 19.3 Å². The highest BCUT2D eigenvalue weighted by atomic mass is 32.2. The summed E-state index contributed by atoms with van der Waals surface area (Å²) in [7, 11) is -3.42. The van der Waals surface area contributed by atoms with E-state index in [1.165, 1.54) is 22.6 Å². The van der Waals surface area contributed by atoms with Crippen LogP contribution in [0.4, 0.5) is 0 Å². The van der Waals surface area contributed by atoms with E-state index >= 15 is 0 Å². The van der Waals surface area contributed by atoms with E-state index in [0.717, 1.165) is 23.2 Å². The first-order valence-electron chi connectivity index (χ1n) is 8.68. The zero-order valence-corrected chi connectivity index (χ0v) is 15.1. The van der Waals surface area contributed by atoms with Crippen molar-refractivity contribution in [3.05, 3.63) is 52.7 Å². The summed E-state index contributed by atoms with van der Waals surface area (Å²) in [4.78, 5) is 0. The van der Waals surface area contributed by atoms with Gasteiger partial charge in [-0.25, -0.2) is 13.1 Å². The monoisotopic (exact) mass is 358 g/mol. The molecule has 0 amide bonds. The highest BCUT2D eigenvalue weighted by molar-refractivity contribution is 7.92. The van der Waals surface area contributed by atoms with E-state index in [2.05, 4.69) is 10.3 Å². The number of hydrogen-bond acceptors (Lipinski definition) is 4. The molecule has 1 saturated carbocycles. The first-order chi connectivity index (χ1) is 12.0. The Morgan fingerprint density at radius 3 is 2.64 bits per heavy atom. The summed E-state index contributed by atoms with van der Waals surface area (Å²) in [5.41, 5.74) is 3.08. The summed E-state index contributed by atoms with van der Waals surface area (Å²) >= 11 is 0. The average molecular weight is 358 g/mol. The van der Waals surface area contributed by atoms with E-state index in [9.17, 15) is 8.42 Å². The van der Waals surface area contributed by atoms with Gasteiger partial charge in [-0.15, -0.1) is 5.10 Å². The van der Waals surface area contributed by atoms with Gasteiger partial charge < -0.3 is 0 Å². The zero-order valence-electron chi connectivity index (χ0n) is 14.2. The molecular formula is C18H22N4O2S. The van der Waals surface area contributed by atoms with E-state index in [1.54, 1.807) is 6.08 Å². The van der Waals surface area contributed by atoms with Crippen molar-refractivity contribution >= 4 is 16.1 Å². The van der Waals surface area contributed by atoms with Gasteiger partial charge in [-0.2, -0.15) is 4.31 Å². The second kappa shape index (κ2) is 6.38. The van der Waals surface area contributed by atoms with Crippen LogP contribution in [0.1, 0.15) is 48.0 Å². The Bertz CT molecular complexity index is 882. The number of aromatic nitrogens is 3. The number of sulfonamides is 1. The highest BCUT2D eigenvalue weighted by Gasteiger charge is 2.33. The number of hydrogen-bond donors (Lipinski definition) is 0. The van der Waals surface area contributed by atoms with E-state index in [-0.39, 0.29) is 6.04 Å². The van der Waals surface area contributed by atoms with Crippen LogP contribution in [-0.4, -0.2) is 40.8 Å². The fourth-order valence-corrected chi connectivity index (χ4v) is 4.36. The molecule has 1 aliphatic heterocycles. The maximum Gasteiger partial charge on any atom is 0.236 e. The van der Waals surface area contributed by atoms with Gasteiger partial charge in [0, 0.05) is 30.6 Å². The minimum Gasteiger partial charge on any atom is -0.248 e. The van der Waals surface area contributed by atoms with Crippen molar-refractivity contribution in [2.24, 2.45) is 0 Å². The van der Waals surface area contributed by atoms with E-state index in [1.807, 2.05) is 42.1 Å². The Labute approximate surface area is 148 Å². The second-order valence-electron chi connectivity index (χ2n) is 6.96. The van der Waals surface area contributed by atoms with Gasteiger partial charge in [0.25, 0.3) is 0 Å². The molecule has 0 bridgehead atoms. The fraction of sp³-hybridized carbons (Fsp3) is 0.444. The molecule has 1 aromatic carbocycles. The third-order valence-corrected chi connectivity index (χ3v) is 6.43. The van der Waals surface area contributed by atoms with Gasteiger partial charge in [-0.05, 0) is 37.8 Å². The standard InChI is InChI=1S/C18H22N4O2S/c1-14-2-4-15(5-3-14)9-11-25(23,24)21-10-8-17(12-21)22-13-18(19-20-22)16-6-7-16/h2-5,9,11,13,16-17H,6-8,10,12H2,1H3/b11-9+. The number of nitrogens with zero attached hydrogens (tertiary/aromatic N) is 4. The predicted molar refractivity (Wildman–Crippen MR) is 96.4 cm³/mol. The Kier molecular flexibility index (Phi) is 4.21. The van der Waals surface area contributed by atoms with E-state index < -0.39 is 10.0 Å². The van der Waals surface area contributed by atoms with Crippen molar-refractivity contribution in [3.63, 3.8) is 0 Å². The quantitative estimate of drug-likeness (QED) is 0.824. The van der Waals surface area contributed by atoms with Crippen LogP contribution >= 0.6 is 0 Å². The van der Waals surface area contributed by atoms with E-state index in [0.29, 0.717) is 19.0 Å². The molecule has 0 radical (unpaired) electrons. The largest absolute Gasteiger partial charge is 0.248 e. The van der Waals surface area contributed by atoms with Crippen molar-refractivity contribution in [2.75, 3.05) is 13.1 Å². The molecule has 1 aromatic heterocycles. The minimum atomic E-state index is -3.42. The summed E-state index contributed by atoms with van der Waals surface area (Å²) in [5, 5.41) is 9.73. The molecule has 2 heterocycles. The molecule has 6 nitrogen and oxygen atoms in total. The first-order valence-corrected chi connectivity index (χ1v) is 10.2. The van der Waals surface area contributed by atoms with Crippen LogP contribution in [0.3, 0.4) is 0 Å². The van der Waals surface area contributed by atoms with Gasteiger partial charge in [-0.3, -0.25) is 0 Å². The molecule has 0 spiro atoms. The number of benzene rings is 1. The molecule has 2 aliphatic rings. The summed E-state index contributed by atoms with van der Waals surface area (Å²) in [5.74, 6) is 0.562. The minimum absolute atomic E-state index is 0.0718. The Balaban J connectivity index is 1.43. The highest BCUT2D eigenvalue weighted by Crippen LogP contribution is 2.39. The summed E-state index contributed by atoms with van der Waals surface area (Å²) in [6.45, 7) is 2.98. The Morgan fingerprint density at radius 2 is 1.92 bits per heavy atom. The first kappa shape index (κ1) is 16.5. The van der Waals surface area contributed by atoms with Crippen LogP contribution in [0.2, 0.25) is 0 Å². The molecule has 1 saturated heterocycles. The Hall–Kier alpha value is -1.99. The molecule has 1 aliphatic carbocycles. The molecule has 2 aromatic rings. The lowest BCUT2D eigenvalue weighted by atomic mass is 10.2. The molecule has 1 unspecified atom stereocenters. The number of rotatable bonds is 5. The third kappa shape index (κ3) is 3.67. The van der Waals surface area contributed by atoms with Gasteiger partial charge in [0.2, 0.25) is 10.0 Å². The van der Waals surface area contributed by atoms with Crippen LogP contribution in [0.15, 0.2) is 35.9 Å². The fourth-order valence-electron chi connectivity index (χ4n) is 3.12. The molecular weight excluding hydrogens is 336 g/mol. The van der Waals surface area contributed by atoms with Gasteiger partial charge in [0.15, 0.2) is 0 Å². The van der Waals surface area contributed by atoms with Crippen molar-refractivity contribution in [1.29, 1.82) is 0 Å². The molecule has 2 fully saturated rings. The molecule has 4 rings (SSSR count). The SMILES string of the molecule is Cc1ccc(/C=C/S(=O)(=O)N2CCC(n3cc(C4CC4)nn3)C2)cc1. The maximum atomic E-state index is 12.6. The van der Waals surface area contributed by atoms with Gasteiger partial charge in [-0.1, -0.05) is 35.0 Å². The van der Waals surface area contributed by atoms with Gasteiger partial charge >= 0.3 is 0 Å². The van der Waals surface area contributed by atoms with Crippen LogP contribution < -0.4 is 0 Å². The van der Waals surface area contributed by atoms with Crippen LogP contribution in [0, 0.1) is 6.92 Å². The molecule has 132 valence electrons. The third-order valence-electron chi connectivity index (χ3n) is 4.89. The smallest absolute Gasteiger partial charge is 0.236 e. The van der Waals surface area contributed by atoms with Crippen LogP contribution in [0.25, 0.3) is 6.08 Å². The maximum absolute atomic E-state index is 12.6. The summed E-state index contributed by atoms with van der Waals surface area (Å²) in [6.07, 6.45) is 6.79. The van der Waals surface area contributed by atoms with Crippen molar-refractivity contribution < 1.29 is 8.42 Å². The normalized spacial score (nSPS) is 22.0. The van der Waals surface area contributed by atoms with Crippen molar-refractivity contribution in [3.8, 4) is 0 Å². The molecule has 7 heteroatoms. The van der Waals surface area contributed by atoms with Crippen LogP contribution in [0.5, 0.6) is 0 Å². The van der Waals surface area contributed by atoms with Crippen LogP contribution in [-0.2, 0) is 10.0 Å². The Morgan fingerprint density at radius 1 is 1.16 bits per heavy atom. The van der Waals surface area contributed by atoms with Gasteiger partial charge in [0.05, 0.1) is 11.7 Å². The molecule has 0 N–H and O–H groups in total. The van der Waals surface area contributed by atoms with Gasteiger partial charge in [0.1, 0.15) is 0 Å². The van der Waals surface area contributed by atoms with Crippen molar-refractivity contribution in [2.45, 2.75) is 38.1 Å². The summed E-state index contributed by atoms with van der Waals surface area (Å²) < 4.78 is 28.5. The lowest BCUT2D eigenvalue weighted by Crippen LogP contribution is -2.27.